The van der Waals surface area contributed by atoms with Crippen LogP contribution in [-0.4, -0.2) is 30.4 Å². The fourth-order valence-corrected chi connectivity index (χ4v) is 3.95. The maximum absolute atomic E-state index is 12.6. The molecule has 0 bridgehead atoms. The van der Waals surface area contributed by atoms with E-state index in [4.69, 9.17) is 5.73 Å². The first-order valence-electron chi connectivity index (χ1n) is 8.19. The Bertz CT molecular complexity index is 284. The van der Waals surface area contributed by atoms with Gasteiger partial charge in [0.25, 0.3) is 0 Å². The Hall–Kier alpha value is -0.570. The SMILES string of the molecule is CN(C(=O)C1CCCC(CCN)C1)C1CCCCC1. The van der Waals surface area contributed by atoms with E-state index in [0.717, 1.165) is 25.8 Å². The summed E-state index contributed by atoms with van der Waals surface area (Å²) in [6.07, 6.45) is 12.1. The lowest BCUT2D eigenvalue weighted by atomic mass is 9.79. The van der Waals surface area contributed by atoms with Gasteiger partial charge in [-0.2, -0.15) is 0 Å². The molecule has 0 aliphatic heterocycles. The van der Waals surface area contributed by atoms with Crippen molar-refractivity contribution in [3.05, 3.63) is 0 Å². The van der Waals surface area contributed by atoms with Crippen LogP contribution in [0.2, 0.25) is 0 Å². The molecule has 19 heavy (non-hydrogen) atoms. The van der Waals surface area contributed by atoms with Crippen LogP contribution < -0.4 is 5.73 Å². The monoisotopic (exact) mass is 266 g/mol. The van der Waals surface area contributed by atoms with Crippen molar-refractivity contribution in [2.24, 2.45) is 17.6 Å². The van der Waals surface area contributed by atoms with Crippen LogP contribution in [0.4, 0.5) is 0 Å². The molecule has 2 aliphatic rings. The maximum Gasteiger partial charge on any atom is 0.225 e. The van der Waals surface area contributed by atoms with E-state index in [0.29, 0.717) is 17.9 Å². The summed E-state index contributed by atoms with van der Waals surface area (Å²) in [5.41, 5.74) is 5.66. The third-order valence-electron chi connectivity index (χ3n) is 5.18. The van der Waals surface area contributed by atoms with Crippen molar-refractivity contribution in [2.45, 2.75) is 70.3 Å². The van der Waals surface area contributed by atoms with Crippen molar-refractivity contribution in [3.8, 4) is 0 Å². The number of hydrogen-bond acceptors (Lipinski definition) is 2. The number of carbonyl (C=O) groups excluding carboxylic acids is 1. The lowest BCUT2D eigenvalue weighted by molar-refractivity contribution is -0.138. The Morgan fingerprint density at radius 3 is 2.53 bits per heavy atom. The molecule has 2 fully saturated rings. The highest BCUT2D eigenvalue weighted by molar-refractivity contribution is 5.79. The molecule has 2 rings (SSSR count). The van der Waals surface area contributed by atoms with Crippen LogP contribution in [0.1, 0.15) is 64.2 Å². The second-order valence-electron chi connectivity index (χ2n) is 6.55. The summed E-state index contributed by atoms with van der Waals surface area (Å²) in [4.78, 5) is 14.7. The van der Waals surface area contributed by atoms with Crippen LogP contribution in [0.25, 0.3) is 0 Å². The molecule has 0 aromatic rings. The van der Waals surface area contributed by atoms with E-state index in [1.165, 1.54) is 44.9 Å². The maximum atomic E-state index is 12.6. The molecule has 2 atom stereocenters. The van der Waals surface area contributed by atoms with Crippen LogP contribution in [0.5, 0.6) is 0 Å². The molecule has 0 spiro atoms. The molecule has 3 nitrogen and oxygen atoms in total. The summed E-state index contributed by atoms with van der Waals surface area (Å²) in [6.45, 7) is 0.768. The van der Waals surface area contributed by atoms with E-state index in [-0.39, 0.29) is 5.92 Å². The minimum absolute atomic E-state index is 0.275. The molecule has 1 amide bonds. The molecule has 110 valence electrons. The number of hydrogen-bond donors (Lipinski definition) is 1. The summed E-state index contributed by atoms with van der Waals surface area (Å²) in [5.74, 6) is 1.37. The van der Waals surface area contributed by atoms with Gasteiger partial charge in [0.2, 0.25) is 5.91 Å². The standard InChI is InChI=1S/C16H30N2O/c1-18(15-8-3-2-4-9-15)16(19)14-7-5-6-13(12-14)10-11-17/h13-15H,2-12,17H2,1H3. The van der Waals surface area contributed by atoms with Crippen molar-refractivity contribution in [1.82, 2.24) is 4.90 Å². The fraction of sp³-hybridized carbons (Fsp3) is 0.938. The van der Waals surface area contributed by atoms with Crippen molar-refractivity contribution in [2.75, 3.05) is 13.6 Å². The molecule has 2 unspecified atom stereocenters. The average molecular weight is 266 g/mol. The van der Waals surface area contributed by atoms with Crippen molar-refractivity contribution in [3.63, 3.8) is 0 Å². The molecule has 2 N–H and O–H groups in total. The lowest BCUT2D eigenvalue weighted by Gasteiger charge is -2.36. The van der Waals surface area contributed by atoms with E-state index in [1.54, 1.807) is 0 Å². The second-order valence-corrected chi connectivity index (χ2v) is 6.55. The smallest absolute Gasteiger partial charge is 0.225 e. The van der Waals surface area contributed by atoms with Crippen LogP contribution in [0.3, 0.4) is 0 Å². The van der Waals surface area contributed by atoms with Gasteiger partial charge in [-0.3, -0.25) is 4.79 Å². The molecule has 0 aromatic heterocycles. The van der Waals surface area contributed by atoms with Gasteiger partial charge in [0.15, 0.2) is 0 Å². The first kappa shape index (κ1) is 14.8. The Morgan fingerprint density at radius 2 is 1.84 bits per heavy atom. The van der Waals surface area contributed by atoms with E-state index in [2.05, 4.69) is 4.90 Å². The zero-order chi connectivity index (χ0) is 13.7. The first-order valence-corrected chi connectivity index (χ1v) is 8.19. The molecule has 0 radical (unpaired) electrons. The van der Waals surface area contributed by atoms with Crippen molar-refractivity contribution < 1.29 is 4.79 Å². The van der Waals surface area contributed by atoms with Gasteiger partial charge in [0.05, 0.1) is 0 Å². The molecule has 0 heterocycles. The zero-order valence-electron chi connectivity index (χ0n) is 12.4. The van der Waals surface area contributed by atoms with E-state index < -0.39 is 0 Å². The highest BCUT2D eigenvalue weighted by Gasteiger charge is 2.31. The van der Waals surface area contributed by atoms with Gasteiger partial charge in [-0.15, -0.1) is 0 Å². The summed E-state index contributed by atoms with van der Waals surface area (Å²) in [7, 11) is 2.03. The predicted octanol–water partition coefficient (Wildman–Crippen LogP) is 2.93. The average Bonchev–Trinajstić information content (AvgIpc) is 2.47. The van der Waals surface area contributed by atoms with E-state index in [1.807, 2.05) is 7.05 Å². The molecular weight excluding hydrogens is 236 g/mol. The summed E-state index contributed by atoms with van der Waals surface area (Å²) in [5, 5.41) is 0. The Morgan fingerprint density at radius 1 is 1.11 bits per heavy atom. The zero-order valence-corrected chi connectivity index (χ0v) is 12.4. The van der Waals surface area contributed by atoms with Gasteiger partial charge >= 0.3 is 0 Å². The Balaban J connectivity index is 1.86. The van der Waals surface area contributed by atoms with Gasteiger partial charge in [-0.05, 0) is 44.6 Å². The number of carbonyl (C=O) groups is 1. The van der Waals surface area contributed by atoms with Crippen molar-refractivity contribution >= 4 is 5.91 Å². The second kappa shape index (κ2) is 7.28. The van der Waals surface area contributed by atoms with Gasteiger partial charge in [0, 0.05) is 19.0 Å². The quantitative estimate of drug-likeness (QED) is 0.850. The number of nitrogens with zero attached hydrogens (tertiary/aromatic N) is 1. The largest absolute Gasteiger partial charge is 0.343 e. The predicted molar refractivity (Wildman–Crippen MR) is 78.8 cm³/mol. The normalized spacial score (nSPS) is 29.2. The number of nitrogens with two attached hydrogens (primary N) is 1. The summed E-state index contributed by atoms with van der Waals surface area (Å²) >= 11 is 0. The highest BCUT2D eigenvalue weighted by atomic mass is 16.2. The molecule has 3 heteroatoms. The lowest BCUT2D eigenvalue weighted by Crippen LogP contribution is -2.42. The molecular formula is C16H30N2O. The molecule has 0 aromatic carbocycles. The first-order chi connectivity index (χ1) is 9.22. The van der Waals surface area contributed by atoms with Gasteiger partial charge < -0.3 is 10.6 Å². The Kier molecular flexibility index (Phi) is 5.68. The van der Waals surface area contributed by atoms with E-state index in [9.17, 15) is 4.79 Å². The van der Waals surface area contributed by atoms with Crippen molar-refractivity contribution in [1.29, 1.82) is 0 Å². The topological polar surface area (TPSA) is 46.3 Å². The van der Waals surface area contributed by atoms with Gasteiger partial charge in [-0.25, -0.2) is 0 Å². The van der Waals surface area contributed by atoms with Crippen LogP contribution >= 0.6 is 0 Å². The Labute approximate surface area is 117 Å². The van der Waals surface area contributed by atoms with E-state index >= 15 is 0 Å². The minimum Gasteiger partial charge on any atom is -0.343 e. The molecule has 2 aliphatic carbocycles. The van der Waals surface area contributed by atoms with Crippen LogP contribution in [-0.2, 0) is 4.79 Å². The van der Waals surface area contributed by atoms with Gasteiger partial charge in [0.1, 0.15) is 0 Å². The fourth-order valence-electron chi connectivity index (χ4n) is 3.95. The summed E-state index contributed by atoms with van der Waals surface area (Å²) in [6, 6.07) is 0.510. The van der Waals surface area contributed by atoms with Gasteiger partial charge in [-0.1, -0.05) is 32.1 Å². The van der Waals surface area contributed by atoms with Crippen LogP contribution in [0.15, 0.2) is 0 Å². The third-order valence-corrected chi connectivity index (χ3v) is 5.18. The summed E-state index contributed by atoms with van der Waals surface area (Å²) < 4.78 is 0. The minimum atomic E-state index is 0.275. The molecule has 2 saturated carbocycles. The molecule has 0 saturated heterocycles. The number of rotatable bonds is 4. The number of amides is 1. The third kappa shape index (κ3) is 3.95. The van der Waals surface area contributed by atoms with Crippen LogP contribution in [0, 0.1) is 11.8 Å². The highest BCUT2D eigenvalue weighted by Crippen LogP contribution is 2.33.